The van der Waals surface area contributed by atoms with Crippen molar-refractivity contribution in [2.24, 2.45) is 0 Å². The van der Waals surface area contributed by atoms with E-state index in [2.05, 4.69) is 22.9 Å². The Morgan fingerprint density at radius 1 is 1.05 bits per heavy atom. The Hall–Kier alpha value is -0.700. The maximum atomic E-state index is 5.87. The molecule has 0 aliphatic carbocycles. The standard InChI is InChI=1S/C16H25BrO2/c1-3-4-5-6-7-8-11-19-16-12-15(18-2)10-9-14(16)13-17/h9-10,12H,3-8,11,13H2,1-2H3. The Kier molecular flexibility index (Phi) is 8.72. The van der Waals surface area contributed by atoms with Gasteiger partial charge in [0.15, 0.2) is 0 Å². The lowest BCUT2D eigenvalue weighted by Gasteiger charge is -2.11. The topological polar surface area (TPSA) is 18.5 Å². The zero-order valence-electron chi connectivity index (χ0n) is 12.1. The minimum atomic E-state index is 0.791. The zero-order chi connectivity index (χ0) is 13.9. The van der Waals surface area contributed by atoms with Gasteiger partial charge >= 0.3 is 0 Å². The van der Waals surface area contributed by atoms with E-state index in [-0.39, 0.29) is 0 Å². The summed E-state index contributed by atoms with van der Waals surface area (Å²) in [6, 6.07) is 5.98. The molecule has 0 radical (unpaired) electrons. The first-order chi connectivity index (χ1) is 9.31. The highest BCUT2D eigenvalue weighted by Crippen LogP contribution is 2.26. The molecule has 0 amide bonds. The molecule has 0 bridgehead atoms. The van der Waals surface area contributed by atoms with Gasteiger partial charge in [0.2, 0.25) is 0 Å². The first-order valence-electron chi connectivity index (χ1n) is 7.17. The molecule has 0 N–H and O–H groups in total. The van der Waals surface area contributed by atoms with E-state index in [1.807, 2.05) is 18.2 Å². The van der Waals surface area contributed by atoms with E-state index in [1.165, 1.54) is 37.7 Å². The summed E-state index contributed by atoms with van der Waals surface area (Å²) >= 11 is 3.49. The minimum absolute atomic E-state index is 0.791. The molecule has 1 aromatic rings. The molecule has 0 saturated heterocycles. The van der Waals surface area contributed by atoms with Crippen LogP contribution >= 0.6 is 15.9 Å². The summed E-state index contributed by atoms with van der Waals surface area (Å²) in [5, 5.41) is 0.808. The summed E-state index contributed by atoms with van der Waals surface area (Å²) in [6.45, 7) is 3.03. The molecule has 0 aliphatic heterocycles. The molecule has 0 heterocycles. The quantitative estimate of drug-likeness (QED) is 0.427. The predicted molar refractivity (Wildman–Crippen MR) is 84.5 cm³/mol. The number of hydrogen-bond acceptors (Lipinski definition) is 2. The second kappa shape index (κ2) is 10.1. The highest BCUT2D eigenvalue weighted by molar-refractivity contribution is 9.08. The van der Waals surface area contributed by atoms with Crippen molar-refractivity contribution in [3.63, 3.8) is 0 Å². The van der Waals surface area contributed by atoms with Gasteiger partial charge in [-0.1, -0.05) is 61.0 Å². The zero-order valence-corrected chi connectivity index (χ0v) is 13.7. The summed E-state index contributed by atoms with van der Waals surface area (Å²) < 4.78 is 11.1. The number of hydrogen-bond donors (Lipinski definition) is 0. The fraction of sp³-hybridized carbons (Fsp3) is 0.625. The number of alkyl halides is 1. The van der Waals surface area contributed by atoms with E-state index in [9.17, 15) is 0 Å². The lowest BCUT2D eigenvalue weighted by Crippen LogP contribution is -2.00. The predicted octanol–water partition coefficient (Wildman–Crippen LogP) is 5.33. The van der Waals surface area contributed by atoms with Crippen molar-refractivity contribution in [2.45, 2.75) is 50.8 Å². The van der Waals surface area contributed by atoms with Gasteiger partial charge in [0.1, 0.15) is 11.5 Å². The van der Waals surface area contributed by atoms with Crippen molar-refractivity contribution < 1.29 is 9.47 Å². The third-order valence-electron chi connectivity index (χ3n) is 3.17. The number of ether oxygens (including phenoxy) is 2. The van der Waals surface area contributed by atoms with E-state index in [0.29, 0.717) is 0 Å². The lowest BCUT2D eigenvalue weighted by atomic mass is 10.1. The van der Waals surface area contributed by atoms with Crippen molar-refractivity contribution in [3.8, 4) is 11.5 Å². The first-order valence-corrected chi connectivity index (χ1v) is 8.29. The van der Waals surface area contributed by atoms with Crippen LogP contribution in [0.25, 0.3) is 0 Å². The van der Waals surface area contributed by atoms with Gasteiger partial charge in [0.25, 0.3) is 0 Å². The molecule has 0 aromatic heterocycles. The van der Waals surface area contributed by atoms with Gasteiger partial charge in [-0.25, -0.2) is 0 Å². The average molecular weight is 329 g/mol. The Bertz CT molecular complexity index is 353. The van der Waals surface area contributed by atoms with Gasteiger partial charge in [-0.2, -0.15) is 0 Å². The van der Waals surface area contributed by atoms with Gasteiger partial charge in [0, 0.05) is 17.0 Å². The maximum absolute atomic E-state index is 5.87. The van der Waals surface area contributed by atoms with Gasteiger partial charge in [0.05, 0.1) is 13.7 Å². The largest absolute Gasteiger partial charge is 0.497 e. The Morgan fingerprint density at radius 3 is 2.47 bits per heavy atom. The molecule has 19 heavy (non-hydrogen) atoms. The van der Waals surface area contributed by atoms with Crippen molar-refractivity contribution in [1.29, 1.82) is 0 Å². The van der Waals surface area contributed by atoms with Crippen LogP contribution in [-0.4, -0.2) is 13.7 Å². The normalized spacial score (nSPS) is 10.5. The maximum Gasteiger partial charge on any atom is 0.127 e. The molecule has 0 spiro atoms. The van der Waals surface area contributed by atoms with Crippen LogP contribution in [0, 0.1) is 0 Å². The van der Waals surface area contributed by atoms with E-state index < -0.39 is 0 Å². The molecule has 0 aliphatic rings. The molecule has 0 saturated carbocycles. The third kappa shape index (κ3) is 6.33. The Morgan fingerprint density at radius 2 is 1.79 bits per heavy atom. The molecule has 1 rings (SSSR count). The van der Waals surface area contributed by atoms with Crippen LogP contribution in [0.1, 0.15) is 51.0 Å². The van der Waals surface area contributed by atoms with Gasteiger partial charge in [-0.05, 0) is 12.5 Å². The van der Waals surface area contributed by atoms with Crippen molar-refractivity contribution in [2.75, 3.05) is 13.7 Å². The minimum Gasteiger partial charge on any atom is -0.497 e. The van der Waals surface area contributed by atoms with Crippen LogP contribution in [-0.2, 0) is 5.33 Å². The second-order valence-electron chi connectivity index (χ2n) is 4.72. The molecule has 2 nitrogen and oxygen atoms in total. The van der Waals surface area contributed by atoms with Gasteiger partial charge < -0.3 is 9.47 Å². The molecule has 0 fully saturated rings. The fourth-order valence-electron chi connectivity index (χ4n) is 1.97. The average Bonchev–Trinajstić information content (AvgIpc) is 2.46. The van der Waals surface area contributed by atoms with Crippen LogP contribution in [0.2, 0.25) is 0 Å². The molecular weight excluding hydrogens is 304 g/mol. The third-order valence-corrected chi connectivity index (χ3v) is 3.78. The van der Waals surface area contributed by atoms with E-state index in [0.717, 1.165) is 29.9 Å². The number of rotatable bonds is 10. The van der Waals surface area contributed by atoms with Crippen molar-refractivity contribution in [1.82, 2.24) is 0 Å². The van der Waals surface area contributed by atoms with Crippen LogP contribution in [0.5, 0.6) is 11.5 Å². The smallest absolute Gasteiger partial charge is 0.127 e. The molecule has 108 valence electrons. The first kappa shape index (κ1) is 16.4. The fourth-order valence-corrected chi connectivity index (χ4v) is 2.43. The Labute approximate surface area is 125 Å². The highest BCUT2D eigenvalue weighted by Gasteiger charge is 2.04. The summed E-state index contributed by atoms with van der Waals surface area (Å²) in [6.07, 6.45) is 7.71. The van der Waals surface area contributed by atoms with E-state index >= 15 is 0 Å². The second-order valence-corrected chi connectivity index (χ2v) is 5.28. The summed E-state index contributed by atoms with van der Waals surface area (Å²) in [5.74, 6) is 1.78. The van der Waals surface area contributed by atoms with Crippen molar-refractivity contribution >= 4 is 15.9 Å². The van der Waals surface area contributed by atoms with Crippen LogP contribution in [0.4, 0.5) is 0 Å². The van der Waals surface area contributed by atoms with E-state index in [1.54, 1.807) is 7.11 Å². The number of unbranched alkanes of at least 4 members (excludes halogenated alkanes) is 5. The van der Waals surface area contributed by atoms with Crippen LogP contribution in [0.3, 0.4) is 0 Å². The molecule has 3 heteroatoms. The number of halogens is 1. The number of methoxy groups -OCH3 is 1. The van der Waals surface area contributed by atoms with Gasteiger partial charge in [-0.3, -0.25) is 0 Å². The van der Waals surface area contributed by atoms with Gasteiger partial charge in [-0.15, -0.1) is 0 Å². The highest BCUT2D eigenvalue weighted by atomic mass is 79.9. The monoisotopic (exact) mass is 328 g/mol. The van der Waals surface area contributed by atoms with Crippen molar-refractivity contribution in [3.05, 3.63) is 23.8 Å². The molecular formula is C16H25BrO2. The molecule has 0 atom stereocenters. The number of benzene rings is 1. The Balaban J connectivity index is 2.31. The van der Waals surface area contributed by atoms with Crippen LogP contribution in [0.15, 0.2) is 18.2 Å². The molecule has 0 unspecified atom stereocenters. The SMILES string of the molecule is CCCCCCCCOc1cc(OC)ccc1CBr. The summed E-state index contributed by atoms with van der Waals surface area (Å²) in [7, 11) is 1.68. The summed E-state index contributed by atoms with van der Waals surface area (Å²) in [5.41, 5.74) is 1.17. The molecule has 1 aromatic carbocycles. The van der Waals surface area contributed by atoms with E-state index in [4.69, 9.17) is 9.47 Å². The summed E-state index contributed by atoms with van der Waals surface area (Å²) in [4.78, 5) is 0. The van der Waals surface area contributed by atoms with Crippen LogP contribution < -0.4 is 9.47 Å². The lowest BCUT2D eigenvalue weighted by molar-refractivity contribution is 0.300.